The zero-order valence-electron chi connectivity index (χ0n) is 8.16. The molecule has 0 aromatic heterocycles. The molecule has 3 heteroatoms. The minimum Gasteiger partial charge on any atom is -0.466 e. The molecule has 0 aliphatic carbocycles. The molecule has 0 atom stereocenters. The third-order valence-corrected chi connectivity index (χ3v) is 2.04. The summed E-state index contributed by atoms with van der Waals surface area (Å²) in [5, 5.41) is 0. The number of methoxy groups -OCH3 is 1. The quantitative estimate of drug-likeness (QED) is 0.443. The van der Waals surface area contributed by atoms with Gasteiger partial charge >= 0.3 is 5.97 Å². The summed E-state index contributed by atoms with van der Waals surface area (Å²) in [6.07, 6.45) is 2.75. The summed E-state index contributed by atoms with van der Waals surface area (Å²) in [5.41, 5.74) is 0.888. The van der Waals surface area contributed by atoms with Gasteiger partial charge in [0.15, 0.2) is 0 Å². The highest BCUT2D eigenvalue weighted by Crippen LogP contribution is 2.10. The van der Waals surface area contributed by atoms with Crippen molar-refractivity contribution in [2.24, 2.45) is 0 Å². The molecule has 1 rings (SSSR count). The van der Waals surface area contributed by atoms with E-state index >= 15 is 0 Å². The van der Waals surface area contributed by atoms with Crippen LogP contribution in [0.3, 0.4) is 0 Å². The van der Waals surface area contributed by atoms with Crippen LogP contribution in [0.4, 0.5) is 0 Å². The summed E-state index contributed by atoms with van der Waals surface area (Å²) in [4.78, 5) is 10.7. The molecule has 0 radical (unpaired) electrons. The van der Waals surface area contributed by atoms with Crippen molar-refractivity contribution in [1.29, 1.82) is 0 Å². The fourth-order valence-corrected chi connectivity index (χ4v) is 1.27. The molecule has 0 aliphatic rings. The number of halogens is 1. The third-order valence-electron chi connectivity index (χ3n) is 1.55. The van der Waals surface area contributed by atoms with Crippen molar-refractivity contribution in [3.8, 4) is 11.8 Å². The number of hydrogen-bond donors (Lipinski definition) is 0. The summed E-state index contributed by atoms with van der Waals surface area (Å²) in [6, 6.07) is 7.62. The first-order chi connectivity index (χ1) is 7.22. The van der Waals surface area contributed by atoms with Gasteiger partial charge in [0.05, 0.1) is 7.11 Å². The molecule has 1 aromatic carbocycles. The molecule has 15 heavy (non-hydrogen) atoms. The van der Waals surface area contributed by atoms with Gasteiger partial charge in [-0.2, -0.15) is 0 Å². The fourth-order valence-electron chi connectivity index (χ4n) is 0.869. The Bertz CT molecular complexity index is 438. The molecular formula is C12H9BrO2. The Morgan fingerprint density at radius 2 is 2.33 bits per heavy atom. The Balaban J connectivity index is 2.66. The van der Waals surface area contributed by atoms with Gasteiger partial charge < -0.3 is 4.74 Å². The van der Waals surface area contributed by atoms with Crippen LogP contribution in [0.2, 0.25) is 0 Å². The lowest BCUT2D eigenvalue weighted by molar-refractivity contribution is -0.134. The highest BCUT2D eigenvalue weighted by molar-refractivity contribution is 9.10. The van der Waals surface area contributed by atoms with Crippen LogP contribution >= 0.6 is 15.9 Å². The average Bonchev–Trinajstić information content (AvgIpc) is 2.24. The van der Waals surface area contributed by atoms with Crippen LogP contribution in [0.25, 0.3) is 0 Å². The zero-order valence-corrected chi connectivity index (χ0v) is 9.74. The van der Waals surface area contributed by atoms with Crippen LogP contribution in [-0.2, 0) is 9.53 Å². The molecule has 0 spiro atoms. The fraction of sp³-hybridized carbons (Fsp3) is 0.0833. The van der Waals surface area contributed by atoms with Gasteiger partial charge in [0.25, 0.3) is 0 Å². The molecule has 0 aliphatic heterocycles. The minimum atomic E-state index is -0.404. The number of allylic oxidation sites excluding steroid dienone is 1. The minimum absolute atomic E-state index is 0.404. The molecule has 0 amide bonds. The smallest absolute Gasteiger partial charge is 0.331 e. The Morgan fingerprint density at radius 1 is 1.53 bits per heavy atom. The van der Waals surface area contributed by atoms with Gasteiger partial charge in [-0.1, -0.05) is 33.8 Å². The topological polar surface area (TPSA) is 26.3 Å². The van der Waals surface area contributed by atoms with E-state index in [2.05, 4.69) is 32.5 Å². The van der Waals surface area contributed by atoms with Gasteiger partial charge in [0.1, 0.15) is 0 Å². The number of esters is 1. The maximum Gasteiger partial charge on any atom is 0.331 e. The van der Waals surface area contributed by atoms with Crippen molar-refractivity contribution in [2.45, 2.75) is 0 Å². The van der Waals surface area contributed by atoms with Gasteiger partial charge in [0.2, 0.25) is 0 Å². The molecule has 76 valence electrons. The number of carbonyl (C=O) groups excluding carboxylic acids is 1. The summed E-state index contributed by atoms with van der Waals surface area (Å²) in [5.74, 6) is 5.23. The third kappa shape index (κ3) is 4.48. The van der Waals surface area contributed by atoms with E-state index in [1.54, 1.807) is 0 Å². The van der Waals surface area contributed by atoms with E-state index in [0.29, 0.717) is 0 Å². The molecule has 0 saturated heterocycles. The second-order valence-electron chi connectivity index (χ2n) is 2.64. The molecule has 0 unspecified atom stereocenters. The van der Waals surface area contributed by atoms with E-state index in [1.807, 2.05) is 24.3 Å². The van der Waals surface area contributed by atoms with Crippen LogP contribution in [0, 0.1) is 11.8 Å². The van der Waals surface area contributed by atoms with Crippen LogP contribution < -0.4 is 0 Å². The zero-order chi connectivity index (χ0) is 11.1. The Labute approximate surface area is 97.1 Å². The van der Waals surface area contributed by atoms with E-state index in [-0.39, 0.29) is 0 Å². The number of hydrogen-bond acceptors (Lipinski definition) is 2. The van der Waals surface area contributed by atoms with E-state index < -0.39 is 5.97 Å². The summed E-state index contributed by atoms with van der Waals surface area (Å²) in [7, 11) is 1.33. The SMILES string of the molecule is COC(=O)/C=C/C#Cc1cccc(Br)c1. The first-order valence-corrected chi connectivity index (χ1v) is 5.03. The molecule has 0 bridgehead atoms. The number of carbonyl (C=O) groups is 1. The second kappa shape index (κ2) is 6.05. The van der Waals surface area contributed by atoms with Crippen molar-refractivity contribution < 1.29 is 9.53 Å². The predicted octanol–water partition coefficient (Wildman–Crippen LogP) is 2.53. The lowest BCUT2D eigenvalue weighted by Gasteiger charge is -1.89. The number of ether oxygens (including phenoxy) is 1. The van der Waals surface area contributed by atoms with Gasteiger partial charge in [-0.05, 0) is 24.3 Å². The van der Waals surface area contributed by atoms with E-state index in [4.69, 9.17) is 0 Å². The Morgan fingerprint density at radius 3 is 3.00 bits per heavy atom. The van der Waals surface area contributed by atoms with Crippen molar-refractivity contribution in [3.63, 3.8) is 0 Å². The van der Waals surface area contributed by atoms with Gasteiger partial charge in [-0.25, -0.2) is 4.79 Å². The number of rotatable bonds is 1. The van der Waals surface area contributed by atoms with E-state index in [1.165, 1.54) is 19.3 Å². The molecule has 2 nitrogen and oxygen atoms in total. The van der Waals surface area contributed by atoms with Crippen LogP contribution in [-0.4, -0.2) is 13.1 Å². The first-order valence-electron chi connectivity index (χ1n) is 4.24. The van der Waals surface area contributed by atoms with Gasteiger partial charge in [-0.3, -0.25) is 0 Å². The molecular weight excluding hydrogens is 256 g/mol. The van der Waals surface area contributed by atoms with Crippen molar-refractivity contribution in [2.75, 3.05) is 7.11 Å². The van der Waals surface area contributed by atoms with Crippen LogP contribution in [0.5, 0.6) is 0 Å². The van der Waals surface area contributed by atoms with Crippen molar-refractivity contribution in [3.05, 3.63) is 46.5 Å². The summed E-state index contributed by atoms with van der Waals surface area (Å²) >= 11 is 3.35. The molecule has 0 fully saturated rings. The summed E-state index contributed by atoms with van der Waals surface area (Å²) < 4.78 is 5.40. The largest absolute Gasteiger partial charge is 0.466 e. The maximum atomic E-state index is 10.7. The van der Waals surface area contributed by atoms with Crippen molar-refractivity contribution in [1.82, 2.24) is 0 Å². The normalized spacial score (nSPS) is 9.47. The van der Waals surface area contributed by atoms with Crippen LogP contribution in [0.1, 0.15) is 5.56 Å². The maximum absolute atomic E-state index is 10.7. The Hall–Kier alpha value is -1.53. The number of benzene rings is 1. The Kier molecular flexibility index (Phi) is 4.65. The molecule has 1 aromatic rings. The van der Waals surface area contributed by atoms with E-state index in [0.717, 1.165) is 10.0 Å². The predicted molar refractivity (Wildman–Crippen MR) is 62.2 cm³/mol. The summed E-state index contributed by atoms with van der Waals surface area (Å²) in [6.45, 7) is 0. The monoisotopic (exact) mass is 264 g/mol. The second-order valence-corrected chi connectivity index (χ2v) is 3.55. The van der Waals surface area contributed by atoms with Gasteiger partial charge in [0, 0.05) is 16.1 Å². The first kappa shape index (κ1) is 11.5. The standard InChI is InChI=1S/C12H9BrO2/c1-15-12(14)8-3-2-5-10-6-4-7-11(13)9-10/h3-4,6-9H,1H3/b8-3+. The lowest BCUT2D eigenvalue weighted by atomic mass is 10.2. The lowest BCUT2D eigenvalue weighted by Crippen LogP contribution is -1.92. The molecule has 0 saturated carbocycles. The highest BCUT2D eigenvalue weighted by Gasteiger charge is 1.88. The molecule has 0 N–H and O–H groups in total. The van der Waals surface area contributed by atoms with Crippen LogP contribution in [0.15, 0.2) is 40.9 Å². The van der Waals surface area contributed by atoms with E-state index in [9.17, 15) is 4.79 Å². The average molecular weight is 265 g/mol. The van der Waals surface area contributed by atoms with Crippen molar-refractivity contribution >= 4 is 21.9 Å². The molecule has 0 heterocycles. The van der Waals surface area contributed by atoms with Gasteiger partial charge in [-0.15, -0.1) is 0 Å². The highest BCUT2D eigenvalue weighted by atomic mass is 79.9.